The quantitative estimate of drug-likeness (QED) is 0.938. The van der Waals surface area contributed by atoms with E-state index in [-0.39, 0.29) is 10.5 Å². The molecule has 2 aromatic carbocycles. The fourth-order valence-electron chi connectivity index (χ4n) is 1.79. The summed E-state index contributed by atoms with van der Waals surface area (Å²) in [6.45, 7) is 0. The van der Waals surface area contributed by atoms with Crippen molar-refractivity contribution in [2.45, 2.75) is 4.90 Å². The van der Waals surface area contributed by atoms with Crippen LogP contribution in [0.1, 0.15) is 10.4 Å². The Morgan fingerprint density at radius 2 is 1.76 bits per heavy atom. The second-order valence-electron chi connectivity index (χ2n) is 4.41. The molecule has 2 aromatic rings. The Morgan fingerprint density at radius 3 is 2.29 bits per heavy atom. The van der Waals surface area contributed by atoms with Gasteiger partial charge in [-0.2, -0.15) is 0 Å². The van der Waals surface area contributed by atoms with Gasteiger partial charge in [0, 0.05) is 18.3 Å². The van der Waals surface area contributed by atoms with Crippen LogP contribution in [0.4, 0.5) is 10.1 Å². The Kier molecular flexibility index (Phi) is 4.06. The summed E-state index contributed by atoms with van der Waals surface area (Å²) in [7, 11) is -2.26. The van der Waals surface area contributed by atoms with Crippen molar-refractivity contribution in [2.24, 2.45) is 5.14 Å². The average Bonchev–Trinajstić information content (AvgIpc) is 2.45. The van der Waals surface area contributed by atoms with Crippen LogP contribution in [0.15, 0.2) is 53.4 Å². The molecule has 21 heavy (non-hydrogen) atoms. The lowest BCUT2D eigenvalue weighted by Crippen LogP contribution is -2.26. The van der Waals surface area contributed by atoms with Crippen molar-refractivity contribution in [3.05, 3.63) is 59.9 Å². The van der Waals surface area contributed by atoms with Gasteiger partial charge in [-0.1, -0.05) is 6.07 Å². The highest BCUT2D eigenvalue weighted by Crippen LogP contribution is 2.18. The van der Waals surface area contributed by atoms with E-state index in [4.69, 9.17) is 5.14 Å². The number of nitrogens with zero attached hydrogens (tertiary/aromatic N) is 1. The fourth-order valence-corrected chi connectivity index (χ4v) is 2.31. The first-order chi connectivity index (χ1) is 9.79. The second-order valence-corrected chi connectivity index (χ2v) is 5.97. The second kappa shape index (κ2) is 5.63. The van der Waals surface area contributed by atoms with E-state index in [1.165, 1.54) is 54.4 Å². The van der Waals surface area contributed by atoms with Crippen molar-refractivity contribution >= 4 is 21.6 Å². The lowest BCUT2D eigenvalue weighted by molar-refractivity contribution is 0.0992. The minimum absolute atomic E-state index is 0.0437. The van der Waals surface area contributed by atoms with Gasteiger partial charge in [0.05, 0.1) is 4.90 Å². The summed E-state index contributed by atoms with van der Waals surface area (Å²) in [5.74, 6) is -0.906. The van der Waals surface area contributed by atoms with E-state index in [1.54, 1.807) is 0 Å². The van der Waals surface area contributed by atoms with Gasteiger partial charge >= 0.3 is 0 Å². The molecule has 0 aromatic heterocycles. The first kappa shape index (κ1) is 15.1. The van der Waals surface area contributed by atoms with Crippen molar-refractivity contribution in [3.8, 4) is 0 Å². The highest BCUT2D eigenvalue weighted by atomic mass is 32.2. The smallest absolute Gasteiger partial charge is 0.258 e. The van der Waals surface area contributed by atoms with Gasteiger partial charge in [0.1, 0.15) is 5.82 Å². The van der Waals surface area contributed by atoms with E-state index in [0.29, 0.717) is 5.69 Å². The van der Waals surface area contributed by atoms with Crippen LogP contribution < -0.4 is 10.0 Å². The lowest BCUT2D eigenvalue weighted by Gasteiger charge is -2.17. The Bertz CT molecular complexity index is 773. The highest BCUT2D eigenvalue weighted by molar-refractivity contribution is 7.89. The number of hydrogen-bond acceptors (Lipinski definition) is 3. The summed E-state index contributed by atoms with van der Waals surface area (Å²) in [4.78, 5) is 13.4. The summed E-state index contributed by atoms with van der Waals surface area (Å²) in [6.07, 6.45) is 0. The zero-order valence-electron chi connectivity index (χ0n) is 11.2. The Labute approximate surface area is 121 Å². The molecule has 7 heteroatoms. The Balaban J connectivity index is 2.28. The number of primary sulfonamides is 1. The predicted molar refractivity (Wildman–Crippen MR) is 76.9 cm³/mol. The Morgan fingerprint density at radius 1 is 1.14 bits per heavy atom. The van der Waals surface area contributed by atoms with Gasteiger partial charge in [-0.3, -0.25) is 4.79 Å². The normalized spacial score (nSPS) is 11.2. The highest BCUT2D eigenvalue weighted by Gasteiger charge is 2.15. The number of anilines is 1. The molecule has 0 spiro atoms. The summed E-state index contributed by atoms with van der Waals surface area (Å²) in [5, 5.41) is 5.00. The monoisotopic (exact) mass is 308 g/mol. The molecule has 0 aliphatic heterocycles. The van der Waals surface area contributed by atoms with Crippen LogP contribution in [0.25, 0.3) is 0 Å². The van der Waals surface area contributed by atoms with Crippen molar-refractivity contribution < 1.29 is 17.6 Å². The molecule has 0 radical (unpaired) electrons. The van der Waals surface area contributed by atoms with E-state index in [2.05, 4.69) is 0 Å². The SMILES string of the molecule is CN(C(=O)c1cccc(F)c1)c1ccc(S(N)(=O)=O)cc1. The van der Waals surface area contributed by atoms with E-state index >= 15 is 0 Å². The molecular weight excluding hydrogens is 295 g/mol. The van der Waals surface area contributed by atoms with Gasteiger partial charge in [0.2, 0.25) is 10.0 Å². The minimum Gasteiger partial charge on any atom is -0.311 e. The molecule has 0 saturated carbocycles. The molecule has 2 rings (SSSR count). The van der Waals surface area contributed by atoms with Crippen LogP contribution in [0.2, 0.25) is 0 Å². The number of carbonyl (C=O) groups excluding carboxylic acids is 1. The van der Waals surface area contributed by atoms with Crippen LogP contribution in [0, 0.1) is 5.82 Å². The van der Waals surface area contributed by atoms with Gasteiger partial charge in [0.25, 0.3) is 5.91 Å². The number of hydrogen-bond donors (Lipinski definition) is 1. The third-order valence-corrected chi connectivity index (χ3v) is 3.86. The number of halogens is 1. The molecule has 0 heterocycles. The van der Waals surface area contributed by atoms with Crippen molar-refractivity contribution in [1.29, 1.82) is 0 Å². The van der Waals surface area contributed by atoms with E-state index in [1.807, 2.05) is 0 Å². The van der Waals surface area contributed by atoms with Gasteiger partial charge in [-0.25, -0.2) is 17.9 Å². The Hall–Kier alpha value is -2.25. The molecule has 2 N–H and O–H groups in total. The minimum atomic E-state index is -3.78. The molecule has 0 aliphatic rings. The molecule has 0 fully saturated rings. The number of nitrogens with two attached hydrogens (primary N) is 1. The summed E-state index contributed by atoms with van der Waals surface area (Å²) in [5.41, 5.74) is 0.671. The third-order valence-electron chi connectivity index (χ3n) is 2.93. The van der Waals surface area contributed by atoms with Crippen molar-refractivity contribution in [2.75, 3.05) is 11.9 Å². The first-order valence-corrected chi connectivity index (χ1v) is 7.50. The molecule has 110 valence electrons. The third kappa shape index (κ3) is 3.45. The summed E-state index contributed by atoms with van der Waals surface area (Å²) in [6, 6.07) is 10.9. The van der Waals surface area contributed by atoms with E-state index < -0.39 is 21.7 Å². The maximum absolute atomic E-state index is 13.1. The maximum Gasteiger partial charge on any atom is 0.258 e. The van der Waals surface area contributed by atoms with Crippen LogP contribution in [-0.2, 0) is 10.0 Å². The molecule has 1 amide bonds. The number of amides is 1. The van der Waals surface area contributed by atoms with Gasteiger partial charge in [-0.15, -0.1) is 0 Å². The van der Waals surface area contributed by atoms with Gasteiger partial charge < -0.3 is 4.90 Å². The standard InChI is InChI=1S/C14H13FN2O3S/c1-17(14(18)10-3-2-4-11(15)9-10)12-5-7-13(8-6-12)21(16,19)20/h2-9H,1H3,(H2,16,19,20). The summed E-state index contributed by atoms with van der Waals surface area (Å²) < 4.78 is 35.5. The number of carbonyl (C=O) groups is 1. The average molecular weight is 308 g/mol. The molecule has 0 saturated heterocycles. The molecule has 0 atom stereocenters. The van der Waals surface area contributed by atoms with Crippen LogP contribution in [-0.4, -0.2) is 21.4 Å². The van der Waals surface area contributed by atoms with Crippen LogP contribution in [0.3, 0.4) is 0 Å². The maximum atomic E-state index is 13.1. The van der Waals surface area contributed by atoms with E-state index in [0.717, 1.165) is 6.07 Å². The van der Waals surface area contributed by atoms with Crippen molar-refractivity contribution in [1.82, 2.24) is 0 Å². The zero-order chi connectivity index (χ0) is 15.6. The molecule has 5 nitrogen and oxygen atoms in total. The predicted octanol–water partition coefficient (Wildman–Crippen LogP) is 1.75. The topological polar surface area (TPSA) is 80.5 Å². The molecule has 0 bridgehead atoms. The largest absolute Gasteiger partial charge is 0.311 e. The lowest BCUT2D eigenvalue weighted by atomic mass is 10.2. The molecule has 0 aliphatic carbocycles. The van der Waals surface area contributed by atoms with Crippen LogP contribution >= 0.6 is 0 Å². The fraction of sp³-hybridized carbons (Fsp3) is 0.0714. The first-order valence-electron chi connectivity index (χ1n) is 5.95. The van der Waals surface area contributed by atoms with Crippen LogP contribution in [0.5, 0.6) is 0 Å². The zero-order valence-corrected chi connectivity index (χ0v) is 12.0. The number of benzene rings is 2. The van der Waals surface area contributed by atoms with Crippen molar-refractivity contribution in [3.63, 3.8) is 0 Å². The number of rotatable bonds is 3. The summed E-state index contributed by atoms with van der Waals surface area (Å²) >= 11 is 0. The van der Waals surface area contributed by atoms with Gasteiger partial charge in [0.15, 0.2) is 0 Å². The number of sulfonamides is 1. The molecule has 0 unspecified atom stereocenters. The van der Waals surface area contributed by atoms with E-state index in [9.17, 15) is 17.6 Å². The molecular formula is C14H13FN2O3S. The van der Waals surface area contributed by atoms with Gasteiger partial charge in [-0.05, 0) is 42.5 Å².